The van der Waals surface area contributed by atoms with E-state index in [-0.39, 0.29) is 11.7 Å². The molecule has 3 rings (SSSR count). The average molecular weight is 293 g/mol. The highest BCUT2D eigenvalue weighted by Crippen LogP contribution is 2.29. The minimum atomic E-state index is 0.0663. The summed E-state index contributed by atoms with van der Waals surface area (Å²) in [6.07, 6.45) is 2.10. The summed E-state index contributed by atoms with van der Waals surface area (Å²) in [5, 5.41) is 0. The standard InChI is InChI=1S/C19H19NO2/c1-14(21)16-8-9-18-17(13-16)11-12-20(18)19(22)10-7-15-5-3-2-4-6-15/h2-6,8-9,13H,7,10-12H2,1H3. The molecular weight excluding hydrogens is 274 g/mol. The molecule has 0 radical (unpaired) electrons. The fraction of sp³-hybridized carbons (Fsp3) is 0.263. The molecule has 0 atom stereocenters. The smallest absolute Gasteiger partial charge is 0.227 e. The van der Waals surface area contributed by atoms with Gasteiger partial charge in [0.15, 0.2) is 5.78 Å². The Morgan fingerprint density at radius 2 is 1.86 bits per heavy atom. The Hall–Kier alpha value is -2.42. The summed E-state index contributed by atoms with van der Waals surface area (Å²) in [4.78, 5) is 25.7. The van der Waals surface area contributed by atoms with E-state index in [1.54, 1.807) is 6.92 Å². The monoisotopic (exact) mass is 293 g/mol. The van der Waals surface area contributed by atoms with Crippen LogP contribution in [0.5, 0.6) is 0 Å². The highest BCUT2D eigenvalue weighted by atomic mass is 16.2. The average Bonchev–Trinajstić information content (AvgIpc) is 2.96. The quantitative estimate of drug-likeness (QED) is 0.810. The summed E-state index contributed by atoms with van der Waals surface area (Å²) in [6, 6.07) is 15.7. The van der Waals surface area contributed by atoms with E-state index in [9.17, 15) is 9.59 Å². The number of Topliss-reactive ketones (excluding diaryl/α,β-unsaturated/α-hetero) is 1. The van der Waals surface area contributed by atoms with Crippen LogP contribution in [0.4, 0.5) is 5.69 Å². The number of rotatable bonds is 4. The van der Waals surface area contributed by atoms with Gasteiger partial charge in [0.2, 0.25) is 5.91 Å². The van der Waals surface area contributed by atoms with E-state index in [2.05, 4.69) is 0 Å². The molecule has 0 aliphatic carbocycles. The number of amides is 1. The molecule has 1 aliphatic heterocycles. The van der Waals surface area contributed by atoms with Crippen molar-refractivity contribution in [2.24, 2.45) is 0 Å². The van der Waals surface area contributed by atoms with Crippen molar-refractivity contribution in [3.05, 3.63) is 65.2 Å². The summed E-state index contributed by atoms with van der Waals surface area (Å²) in [6.45, 7) is 2.28. The van der Waals surface area contributed by atoms with Crippen molar-refractivity contribution in [2.45, 2.75) is 26.2 Å². The van der Waals surface area contributed by atoms with Crippen molar-refractivity contribution < 1.29 is 9.59 Å². The van der Waals surface area contributed by atoms with Gasteiger partial charge in [-0.1, -0.05) is 30.3 Å². The maximum atomic E-state index is 12.5. The topological polar surface area (TPSA) is 37.4 Å². The lowest BCUT2D eigenvalue weighted by Crippen LogP contribution is -2.29. The Morgan fingerprint density at radius 3 is 2.59 bits per heavy atom. The second kappa shape index (κ2) is 6.14. The molecule has 112 valence electrons. The van der Waals surface area contributed by atoms with Gasteiger partial charge in [-0.15, -0.1) is 0 Å². The largest absolute Gasteiger partial charge is 0.312 e. The van der Waals surface area contributed by atoms with E-state index in [0.717, 1.165) is 29.7 Å². The first-order chi connectivity index (χ1) is 10.6. The lowest BCUT2D eigenvalue weighted by atomic mass is 10.1. The van der Waals surface area contributed by atoms with Crippen molar-refractivity contribution in [2.75, 3.05) is 11.4 Å². The normalized spacial score (nSPS) is 13.0. The molecule has 1 aliphatic rings. The first-order valence-corrected chi connectivity index (χ1v) is 7.63. The van der Waals surface area contributed by atoms with Gasteiger partial charge in [0.05, 0.1) is 0 Å². The Bertz CT molecular complexity index is 707. The molecule has 2 aromatic carbocycles. The Labute approximate surface area is 130 Å². The maximum Gasteiger partial charge on any atom is 0.227 e. The molecule has 0 fully saturated rings. The molecule has 3 nitrogen and oxygen atoms in total. The number of aryl methyl sites for hydroxylation is 1. The second-order valence-corrected chi connectivity index (χ2v) is 5.68. The fourth-order valence-corrected chi connectivity index (χ4v) is 2.91. The van der Waals surface area contributed by atoms with Gasteiger partial charge in [-0.05, 0) is 49.1 Å². The molecule has 1 heterocycles. The molecule has 0 N–H and O–H groups in total. The van der Waals surface area contributed by atoms with Crippen molar-refractivity contribution >= 4 is 17.4 Å². The minimum Gasteiger partial charge on any atom is -0.312 e. The molecule has 0 aromatic heterocycles. The Balaban J connectivity index is 1.70. The molecule has 0 saturated heterocycles. The van der Waals surface area contributed by atoms with Crippen LogP contribution in [0.2, 0.25) is 0 Å². The van der Waals surface area contributed by atoms with Crippen LogP contribution < -0.4 is 4.90 Å². The summed E-state index contributed by atoms with van der Waals surface area (Å²) >= 11 is 0. The van der Waals surface area contributed by atoms with E-state index in [1.165, 1.54) is 5.56 Å². The Morgan fingerprint density at radius 1 is 1.09 bits per heavy atom. The Kier molecular flexibility index (Phi) is 4.05. The lowest BCUT2D eigenvalue weighted by Gasteiger charge is -2.17. The molecule has 1 amide bonds. The van der Waals surface area contributed by atoms with Gasteiger partial charge in [-0.2, -0.15) is 0 Å². The lowest BCUT2D eigenvalue weighted by molar-refractivity contribution is -0.118. The van der Waals surface area contributed by atoms with Crippen LogP contribution in [0.1, 0.15) is 34.8 Å². The maximum absolute atomic E-state index is 12.5. The first-order valence-electron chi connectivity index (χ1n) is 7.63. The molecule has 0 bridgehead atoms. The zero-order valence-electron chi connectivity index (χ0n) is 12.7. The summed E-state index contributed by atoms with van der Waals surface area (Å²) in [5.74, 6) is 0.217. The number of carbonyl (C=O) groups excluding carboxylic acids is 2. The van der Waals surface area contributed by atoms with E-state index in [1.807, 2.05) is 53.4 Å². The van der Waals surface area contributed by atoms with Gasteiger partial charge in [-0.3, -0.25) is 9.59 Å². The fourth-order valence-electron chi connectivity index (χ4n) is 2.91. The summed E-state index contributed by atoms with van der Waals surface area (Å²) in [5.41, 5.74) is 3.96. The third-order valence-corrected chi connectivity index (χ3v) is 4.15. The number of hydrogen-bond donors (Lipinski definition) is 0. The van der Waals surface area contributed by atoms with Crippen LogP contribution in [-0.4, -0.2) is 18.2 Å². The van der Waals surface area contributed by atoms with Gasteiger partial charge in [0.1, 0.15) is 0 Å². The predicted octanol–water partition coefficient (Wildman–Crippen LogP) is 3.41. The van der Waals surface area contributed by atoms with E-state index >= 15 is 0 Å². The van der Waals surface area contributed by atoms with Gasteiger partial charge >= 0.3 is 0 Å². The third kappa shape index (κ3) is 2.93. The molecule has 0 spiro atoms. The molecule has 3 heteroatoms. The molecular formula is C19H19NO2. The highest BCUT2D eigenvalue weighted by molar-refractivity contribution is 5.98. The number of carbonyl (C=O) groups is 2. The molecule has 22 heavy (non-hydrogen) atoms. The van der Waals surface area contributed by atoms with Crippen molar-refractivity contribution in [3.8, 4) is 0 Å². The number of nitrogens with zero attached hydrogens (tertiary/aromatic N) is 1. The van der Waals surface area contributed by atoms with Crippen LogP contribution >= 0.6 is 0 Å². The van der Waals surface area contributed by atoms with E-state index < -0.39 is 0 Å². The van der Waals surface area contributed by atoms with Crippen LogP contribution in [-0.2, 0) is 17.6 Å². The van der Waals surface area contributed by atoms with Crippen LogP contribution in [0.3, 0.4) is 0 Å². The first kappa shape index (κ1) is 14.5. The summed E-state index contributed by atoms with van der Waals surface area (Å²) in [7, 11) is 0. The zero-order valence-corrected chi connectivity index (χ0v) is 12.7. The number of benzene rings is 2. The van der Waals surface area contributed by atoms with E-state index in [4.69, 9.17) is 0 Å². The van der Waals surface area contributed by atoms with Crippen molar-refractivity contribution in [3.63, 3.8) is 0 Å². The highest BCUT2D eigenvalue weighted by Gasteiger charge is 2.24. The molecule has 0 unspecified atom stereocenters. The predicted molar refractivity (Wildman–Crippen MR) is 87.3 cm³/mol. The van der Waals surface area contributed by atoms with Crippen LogP contribution in [0, 0.1) is 0 Å². The van der Waals surface area contributed by atoms with Gasteiger partial charge < -0.3 is 4.90 Å². The van der Waals surface area contributed by atoms with Crippen molar-refractivity contribution in [1.29, 1.82) is 0 Å². The minimum absolute atomic E-state index is 0.0663. The molecule has 0 saturated carbocycles. The summed E-state index contributed by atoms with van der Waals surface area (Å²) < 4.78 is 0. The van der Waals surface area contributed by atoms with Crippen LogP contribution in [0.25, 0.3) is 0 Å². The second-order valence-electron chi connectivity index (χ2n) is 5.68. The molecule has 2 aromatic rings. The van der Waals surface area contributed by atoms with Gasteiger partial charge in [0, 0.05) is 24.2 Å². The van der Waals surface area contributed by atoms with Gasteiger partial charge in [-0.25, -0.2) is 0 Å². The number of ketones is 1. The number of hydrogen-bond acceptors (Lipinski definition) is 2. The van der Waals surface area contributed by atoms with Crippen molar-refractivity contribution in [1.82, 2.24) is 0 Å². The zero-order chi connectivity index (χ0) is 15.5. The number of anilines is 1. The van der Waals surface area contributed by atoms with E-state index in [0.29, 0.717) is 13.0 Å². The third-order valence-electron chi connectivity index (χ3n) is 4.15. The SMILES string of the molecule is CC(=O)c1ccc2c(c1)CCN2C(=O)CCc1ccccc1. The van der Waals surface area contributed by atoms with Crippen LogP contribution in [0.15, 0.2) is 48.5 Å². The van der Waals surface area contributed by atoms with Gasteiger partial charge in [0.25, 0.3) is 0 Å². The number of fused-ring (bicyclic) bond motifs is 1.